The highest BCUT2D eigenvalue weighted by molar-refractivity contribution is 5.32. The van der Waals surface area contributed by atoms with E-state index in [4.69, 9.17) is 5.26 Å². The summed E-state index contributed by atoms with van der Waals surface area (Å²) in [6.07, 6.45) is 2.70. The van der Waals surface area contributed by atoms with Crippen molar-refractivity contribution >= 4 is 0 Å². The van der Waals surface area contributed by atoms with Gasteiger partial charge in [-0.1, -0.05) is 0 Å². The summed E-state index contributed by atoms with van der Waals surface area (Å²) >= 11 is 0. The van der Waals surface area contributed by atoms with Gasteiger partial charge in [-0.15, -0.1) is 0 Å². The van der Waals surface area contributed by atoms with Crippen molar-refractivity contribution in [3.63, 3.8) is 0 Å². The summed E-state index contributed by atoms with van der Waals surface area (Å²) in [4.78, 5) is 28.9. The molecular weight excluding hydrogens is 220 g/mol. The van der Waals surface area contributed by atoms with Crippen LogP contribution in [0.3, 0.4) is 0 Å². The van der Waals surface area contributed by atoms with Crippen LogP contribution in [0.2, 0.25) is 0 Å². The van der Waals surface area contributed by atoms with Gasteiger partial charge in [-0.05, 0) is 19.1 Å². The standard InChI is InChI=1S/C11H8N4O2/c1-7-2-3-9(5-13-7)15-6-8(4-12)10(16)14-11(15)17/h2-3,5-6H,1H3,(H,14,16,17). The van der Waals surface area contributed by atoms with Crippen molar-refractivity contribution in [3.8, 4) is 11.8 Å². The summed E-state index contributed by atoms with van der Waals surface area (Å²) < 4.78 is 1.17. The maximum absolute atomic E-state index is 11.6. The van der Waals surface area contributed by atoms with Gasteiger partial charge in [0.25, 0.3) is 5.56 Å². The molecule has 1 N–H and O–H groups in total. The zero-order chi connectivity index (χ0) is 12.4. The minimum atomic E-state index is -0.686. The molecule has 2 rings (SSSR count). The third-order valence-electron chi connectivity index (χ3n) is 2.24. The number of aromatic nitrogens is 3. The van der Waals surface area contributed by atoms with Gasteiger partial charge >= 0.3 is 5.69 Å². The monoisotopic (exact) mass is 228 g/mol. The van der Waals surface area contributed by atoms with E-state index in [-0.39, 0.29) is 5.56 Å². The van der Waals surface area contributed by atoms with Gasteiger partial charge < -0.3 is 0 Å². The fourth-order valence-corrected chi connectivity index (χ4v) is 1.34. The first kappa shape index (κ1) is 10.8. The van der Waals surface area contributed by atoms with E-state index in [9.17, 15) is 9.59 Å². The summed E-state index contributed by atoms with van der Waals surface area (Å²) in [6.45, 7) is 1.82. The lowest BCUT2D eigenvalue weighted by Crippen LogP contribution is -2.30. The molecule has 0 unspecified atom stereocenters. The third kappa shape index (κ3) is 1.99. The molecule has 2 aromatic heterocycles. The zero-order valence-corrected chi connectivity index (χ0v) is 8.97. The predicted molar refractivity (Wildman–Crippen MR) is 59.9 cm³/mol. The first-order chi connectivity index (χ1) is 8.11. The number of hydrogen-bond donors (Lipinski definition) is 1. The Morgan fingerprint density at radius 2 is 2.18 bits per heavy atom. The molecule has 0 saturated carbocycles. The molecule has 0 fully saturated rings. The molecule has 2 heterocycles. The van der Waals surface area contributed by atoms with Crippen molar-refractivity contribution in [1.82, 2.24) is 14.5 Å². The Morgan fingerprint density at radius 1 is 1.41 bits per heavy atom. The number of nitriles is 1. The molecule has 0 atom stereocenters. The second-order valence-corrected chi connectivity index (χ2v) is 3.44. The normalized spacial score (nSPS) is 9.88. The minimum absolute atomic E-state index is 0.120. The van der Waals surface area contributed by atoms with Gasteiger partial charge in [0.2, 0.25) is 0 Å². The second kappa shape index (κ2) is 4.06. The quantitative estimate of drug-likeness (QED) is 0.749. The SMILES string of the molecule is Cc1ccc(-n2cc(C#N)c(=O)[nH]c2=O)cn1. The lowest BCUT2D eigenvalue weighted by Gasteiger charge is -2.04. The molecule has 84 valence electrons. The van der Waals surface area contributed by atoms with Gasteiger partial charge in [-0.3, -0.25) is 19.3 Å². The van der Waals surface area contributed by atoms with Crippen LogP contribution < -0.4 is 11.2 Å². The van der Waals surface area contributed by atoms with Crippen LogP contribution in [0.4, 0.5) is 0 Å². The van der Waals surface area contributed by atoms with E-state index < -0.39 is 11.2 Å². The summed E-state index contributed by atoms with van der Waals surface area (Å²) in [5.41, 5.74) is -0.0984. The number of H-pyrrole nitrogens is 1. The number of aromatic amines is 1. The van der Waals surface area contributed by atoms with E-state index >= 15 is 0 Å². The molecule has 0 saturated heterocycles. The fraction of sp³-hybridized carbons (Fsp3) is 0.0909. The molecule has 0 aliphatic carbocycles. The zero-order valence-electron chi connectivity index (χ0n) is 8.97. The van der Waals surface area contributed by atoms with Crippen LogP contribution in [0.1, 0.15) is 11.3 Å². The minimum Gasteiger partial charge on any atom is -0.273 e. The number of rotatable bonds is 1. The average Bonchev–Trinajstić information content (AvgIpc) is 2.31. The number of nitrogens with zero attached hydrogens (tertiary/aromatic N) is 3. The molecule has 0 aliphatic heterocycles. The summed E-state index contributed by atoms with van der Waals surface area (Å²) in [5, 5.41) is 8.72. The highest BCUT2D eigenvalue weighted by Crippen LogP contribution is 2.03. The van der Waals surface area contributed by atoms with Gasteiger partial charge in [0.05, 0.1) is 11.9 Å². The molecule has 0 radical (unpaired) electrons. The molecule has 0 spiro atoms. The molecule has 0 aliphatic rings. The van der Waals surface area contributed by atoms with Gasteiger partial charge in [-0.25, -0.2) is 4.79 Å². The smallest absolute Gasteiger partial charge is 0.273 e. The van der Waals surface area contributed by atoms with Gasteiger partial charge in [-0.2, -0.15) is 5.26 Å². The topological polar surface area (TPSA) is 91.5 Å². The van der Waals surface area contributed by atoms with Gasteiger partial charge in [0, 0.05) is 11.9 Å². The molecule has 6 nitrogen and oxygen atoms in total. The molecular formula is C11H8N4O2. The molecule has 0 amide bonds. The van der Waals surface area contributed by atoms with Crippen LogP contribution in [0.5, 0.6) is 0 Å². The van der Waals surface area contributed by atoms with Crippen molar-refractivity contribution < 1.29 is 0 Å². The van der Waals surface area contributed by atoms with Crippen LogP contribution in [-0.4, -0.2) is 14.5 Å². The Hall–Kier alpha value is -2.68. The Bertz CT molecular complexity index is 704. The summed E-state index contributed by atoms with van der Waals surface area (Å²) in [6, 6.07) is 5.14. The first-order valence-corrected chi connectivity index (χ1v) is 4.81. The van der Waals surface area contributed by atoms with Crippen molar-refractivity contribution in [1.29, 1.82) is 5.26 Å². The lowest BCUT2D eigenvalue weighted by molar-refractivity contribution is 0.882. The maximum atomic E-state index is 11.6. The van der Waals surface area contributed by atoms with Crippen LogP contribution in [-0.2, 0) is 0 Å². The molecule has 6 heteroatoms. The van der Waals surface area contributed by atoms with Gasteiger partial charge in [0.15, 0.2) is 0 Å². The van der Waals surface area contributed by atoms with E-state index in [2.05, 4.69) is 9.97 Å². The van der Waals surface area contributed by atoms with E-state index in [0.29, 0.717) is 5.69 Å². The highest BCUT2D eigenvalue weighted by Gasteiger charge is 2.05. The number of pyridine rings is 1. The molecule has 0 bridgehead atoms. The van der Waals surface area contributed by atoms with Crippen molar-refractivity contribution in [2.75, 3.05) is 0 Å². The second-order valence-electron chi connectivity index (χ2n) is 3.44. The highest BCUT2D eigenvalue weighted by atomic mass is 16.2. The van der Waals surface area contributed by atoms with Crippen LogP contribution in [0, 0.1) is 18.3 Å². The Labute approximate surface area is 95.8 Å². The predicted octanol–water partition coefficient (Wildman–Crippen LogP) is 0.101. The Balaban J connectivity index is 2.68. The molecule has 0 aromatic carbocycles. The largest absolute Gasteiger partial charge is 0.333 e. The number of nitrogens with one attached hydrogen (secondary N) is 1. The Kier molecular flexibility index (Phi) is 2.58. The lowest BCUT2D eigenvalue weighted by atomic mass is 10.3. The van der Waals surface area contributed by atoms with Crippen molar-refractivity contribution in [3.05, 3.63) is 56.6 Å². The molecule has 2 aromatic rings. The van der Waals surface area contributed by atoms with Crippen molar-refractivity contribution in [2.24, 2.45) is 0 Å². The first-order valence-electron chi connectivity index (χ1n) is 4.81. The summed E-state index contributed by atoms with van der Waals surface area (Å²) in [5.74, 6) is 0. The fourth-order valence-electron chi connectivity index (χ4n) is 1.34. The van der Waals surface area contributed by atoms with E-state index in [0.717, 1.165) is 5.69 Å². The third-order valence-corrected chi connectivity index (χ3v) is 2.24. The maximum Gasteiger partial charge on any atom is 0.333 e. The van der Waals surface area contributed by atoms with E-state index in [1.807, 2.05) is 6.92 Å². The van der Waals surface area contributed by atoms with Crippen LogP contribution in [0.15, 0.2) is 34.1 Å². The average molecular weight is 228 g/mol. The van der Waals surface area contributed by atoms with Crippen molar-refractivity contribution in [2.45, 2.75) is 6.92 Å². The summed E-state index contributed by atoms with van der Waals surface area (Å²) in [7, 11) is 0. The molecule has 17 heavy (non-hydrogen) atoms. The number of aryl methyl sites for hydroxylation is 1. The van der Waals surface area contributed by atoms with Crippen LogP contribution in [0.25, 0.3) is 5.69 Å². The van der Waals surface area contributed by atoms with Crippen LogP contribution >= 0.6 is 0 Å². The van der Waals surface area contributed by atoms with E-state index in [1.54, 1.807) is 18.2 Å². The number of hydrogen-bond acceptors (Lipinski definition) is 4. The van der Waals surface area contributed by atoms with Gasteiger partial charge in [0.1, 0.15) is 11.6 Å². The Morgan fingerprint density at radius 3 is 2.76 bits per heavy atom. The van der Waals surface area contributed by atoms with E-state index in [1.165, 1.54) is 17.0 Å².